The van der Waals surface area contributed by atoms with Gasteiger partial charge in [-0.15, -0.1) is 0 Å². The molecule has 0 radical (unpaired) electrons. The van der Waals surface area contributed by atoms with Crippen LogP contribution in [0.5, 0.6) is 11.5 Å². The largest absolute Gasteiger partial charge is 0.491 e. The third kappa shape index (κ3) is 10.5. The Balaban J connectivity index is 0.000000206. The van der Waals surface area contributed by atoms with E-state index in [2.05, 4.69) is 40.8 Å². The summed E-state index contributed by atoms with van der Waals surface area (Å²) in [6, 6.07) is 24.5. The molecule has 272 valence electrons. The first-order chi connectivity index (χ1) is 25.6. The van der Waals surface area contributed by atoms with E-state index in [1.807, 2.05) is 99.3 Å². The van der Waals surface area contributed by atoms with Crippen LogP contribution in [0.15, 0.2) is 97.6 Å². The fourth-order valence-electron chi connectivity index (χ4n) is 6.45. The summed E-state index contributed by atoms with van der Waals surface area (Å²) in [5.74, 6) is 1.60. The maximum absolute atomic E-state index is 14.5. The number of hydrogen-bond donors (Lipinski definition) is 3. The summed E-state index contributed by atoms with van der Waals surface area (Å²) >= 11 is 0. The van der Waals surface area contributed by atoms with Gasteiger partial charge < -0.3 is 25.4 Å². The summed E-state index contributed by atoms with van der Waals surface area (Å²) in [7, 11) is 0. The van der Waals surface area contributed by atoms with Crippen molar-refractivity contribution >= 4 is 11.4 Å². The van der Waals surface area contributed by atoms with Crippen LogP contribution in [0.2, 0.25) is 0 Å². The second kappa shape index (κ2) is 18.9. The molecule has 0 unspecified atom stereocenters. The van der Waals surface area contributed by atoms with Crippen molar-refractivity contribution in [2.45, 2.75) is 58.2 Å². The van der Waals surface area contributed by atoms with Crippen molar-refractivity contribution < 1.29 is 13.9 Å². The maximum Gasteiger partial charge on any atom is 0.206 e. The van der Waals surface area contributed by atoms with Gasteiger partial charge in [0.25, 0.3) is 0 Å². The van der Waals surface area contributed by atoms with E-state index < -0.39 is 5.82 Å². The molecule has 3 N–H and O–H groups in total. The van der Waals surface area contributed by atoms with Gasteiger partial charge in [0, 0.05) is 42.8 Å². The van der Waals surface area contributed by atoms with Gasteiger partial charge in [-0.05, 0) is 70.3 Å². The first-order valence-electron chi connectivity index (χ1n) is 18.4. The number of benzene rings is 3. The number of hydrogen-bond acceptors (Lipinski definition) is 10. The number of nitrogens with one attached hydrogen (secondary N) is 3. The molecule has 0 atom stereocenters. The molecule has 2 aliphatic heterocycles. The minimum absolute atomic E-state index is 0.258. The quantitative estimate of drug-likeness (QED) is 0.121. The molecule has 7 rings (SSSR count). The number of halogens is 1. The Hall–Kier alpha value is -5.13. The van der Waals surface area contributed by atoms with Crippen LogP contribution in [0.3, 0.4) is 0 Å². The molecule has 0 amide bonds. The first kappa shape index (κ1) is 36.7. The number of aromatic nitrogens is 4. The maximum atomic E-state index is 14.5. The second-order valence-electron chi connectivity index (χ2n) is 13.0. The molecule has 2 saturated heterocycles. The zero-order valence-corrected chi connectivity index (χ0v) is 30.1. The highest BCUT2D eigenvalue weighted by Gasteiger charge is 2.21. The van der Waals surface area contributed by atoms with E-state index >= 15 is 0 Å². The minimum Gasteiger partial charge on any atom is -0.491 e. The smallest absolute Gasteiger partial charge is 0.206 e. The predicted octanol–water partition coefficient (Wildman–Crippen LogP) is 7.46. The van der Waals surface area contributed by atoms with Crippen molar-refractivity contribution in [3.63, 3.8) is 0 Å². The van der Waals surface area contributed by atoms with Crippen LogP contribution in [0.4, 0.5) is 15.8 Å². The summed E-state index contributed by atoms with van der Waals surface area (Å²) in [5.41, 5.74) is 5.01. The van der Waals surface area contributed by atoms with Crippen LogP contribution in [-0.4, -0.2) is 76.3 Å². The third-order valence-corrected chi connectivity index (χ3v) is 9.11. The van der Waals surface area contributed by atoms with E-state index in [0.29, 0.717) is 25.3 Å². The topological polar surface area (TPSA) is 109 Å². The summed E-state index contributed by atoms with van der Waals surface area (Å²) in [5, 5.41) is 10.4. The zero-order chi connectivity index (χ0) is 36.0. The molecule has 0 bridgehead atoms. The Morgan fingerprint density at radius 3 is 1.56 bits per heavy atom. The van der Waals surface area contributed by atoms with Crippen molar-refractivity contribution in [1.29, 1.82) is 0 Å². The molecule has 0 spiro atoms. The van der Waals surface area contributed by atoms with Crippen LogP contribution in [0, 0.1) is 5.82 Å². The summed E-state index contributed by atoms with van der Waals surface area (Å²) in [6.45, 7) is 9.34. The Morgan fingerprint density at radius 1 is 0.673 bits per heavy atom. The van der Waals surface area contributed by atoms with Gasteiger partial charge in [-0.3, -0.25) is 4.90 Å². The lowest BCUT2D eigenvalue weighted by Gasteiger charge is -2.33. The summed E-state index contributed by atoms with van der Waals surface area (Å²) in [4.78, 5) is 20.2. The van der Waals surface area contributed by atoms with Crippen molar-refractivity contribution in [3.05, 3.63) is 109 Å². The third-order valence-electron chi connectivity index (χ3n) is 9.11. The minimum atomic E-state index is -0.425. The number of rotatable bonds is 12. The standard InChI is InChI=1S/C26H31FN4O2.C15H18N4/c1-3-32-23-14-19(15-24(25(23)27)33-4-2)18-31-12-10-21(11-13-31)30-22-16-28-26(29-17-22)20-8-6-5-7-9-20;1-2-4-12(5-3-1)15-17-10-14(11-18-15)19-13-6-8-16-9-7-13/h5-9,14-17,21,30H,3-4,10-13,18H2,1-2H3;1-5,10-11,13,16,19H,6-9H2. The fourth-order valence-corrected chi connectivity index (χ4v) is 6.45. The molecule has 2 fully saturated rings. The zero-order valence-electron chi connectivity index (χ0n) is 30.1. The lowest BCUT2D eigenvalue weighted by atomic mass is 10.0. The second-order valence-corrected chi connectivity index (χ2v) is 13.0. The van der Waals surface area contributed by atoms with E-state index in [9.17, 15) is 4.39 Å². The van der Waals surface area contributed by atoms with Crippen molar-refractivity contribution in [2.75, 3.05) is 50.0 Å². The Bertz CT molecular complexity index is 1760. The van der Waals surface area contributed by atoms with Crippen LogP contribution in [0.25, 0.3) is 22.8 Å². The molecule has 4 heterocycles. The number of nitrogens with zero attached hydrogens (tertiary/aromatic N) is 5. The van der Waals surface area contributed by atoms with Gasteiger partial charge in [-0.1, -0.05) is 60.7 Å². The Labute approximate surface area is 306 Å². The Morgan fingerprint density at radius 2 is 1.12 bits per heavy atom. The Kier molecular flexibility index (Phi) is 13.3. The molecule has 2 aromatic heterocycles. The van der Waals surface area contributed by atoms with Gasteiger partial charge in [0.15, 0.2) is 23.1 Å². The molecule has 5 aromatic rings. The molecule has 10 nitrogen and oxygen atoms in total. The van der Waals surface area contributed by atoms with Gasteiger partial charge in [-0.25, -0.2) is 19.9 Å². The van der Waals surface area contributed by atoms with Gasteiger partial charge in [0.05, 0.1) is 49.4 Å². The average Bonchev–Trinajstić information content (AvgIpc) is 3.19. The van der Waals surface area contributed by atoms with E-state index in [-0.39, 0.29) is 11.5 Å². The number of ether oxygens (including phenoxy) is 2. The van der Waals surface area contributed by atoms with E-state index in [4.69, 9.17) is 9.47 Å². The molecular weight excluding hydrogens is 656 g/mol. The van der Waals surface area contributed by atoms with Crippen molar-refractivity contribution in [2.24, 2.45) is 0 Å². The summed E-state index contributed by atoms with van der Waals surface area (Å²) in [6.07, 6.45) is 11.8. The van der Waals surface area contributed by atoms with Crippen LogP contribution < -0.4 is 25.4 Å². The van der Waals surface area contributed by atoms with Crippen molar-refractivity contribution in [1.82, 2.24) is 30.2 Å². The normalized spacial score (nSPS) is 15.3. The SMILES string of the molecule is CCOc1cc(CN2CCC(Nc3cnc(-c4ccccc4)nc3)CC2)cc(OCC)c1F.c1ccc(-c2ncc(NC3CCNCC3)cn2)cc1. The highest BCUT2D eigenvalue weighted by atomic mass is 19.1. The lowest BCUT2D eigenvalue weighted by molar-refractivity contribution is 0.210. The van der Waals surface area contributed by atoms with Crippen LogP contribution in [0.1, 0.15) is 45.1 Å². The fraction of sp³-hybridized carbons (Fsp3) is 0.366. The molecule has 0 saturated carbocycles. The van der Waals surface area contributed by atoms with Gasteiger partial charge in [-0.2, -0.15) is 4.39 Å². The molecule has 0 aliphatic carbocycles. The van der Waals surface area contributed by atoms with Gasteiger partial charge in [0.1, 0.15) is 0 Å². The molecule has 52 heavy (non-hydrogen) atoms. The first-order valence-corrected chi connectivity index (χ1v) is 18.4. The van der Waals surface area contributed by atoms with E-state index in [0.717, 1.165) is 98.1 Å². The van der Waals surface area contributed by atoms with Gasteiger partial charge >= 0.3 is 0 Å². The van der Waals surface area contributed by atoms with E-state index in [1.54, 1.807) is 12.1 Å². The predicted molar refractivity (Wildman–Crippen MR) is 205 cm³/mol. The molecular formula is C41H49FN8O2. The molecule has 11 heteroatoms. The molecule has 2 aliphatic rings. The van der Waals surface area contributed by atoms with Crippen LogP contribution in [-0.2, 0) is 6.54 Å². The van der Waals surface area contributed by atoms with Crippen molar-refractivity contribution in [3.8, 4) is 34.3 Å². The highest BCUT2D eigenvalue weighted by Crippen LogP contribution is 2.30. The van der Waals surface area contributed by atoms with Gasteiger partial charge in [0.2, 0.25) is 5.82 Å². The number of likely N-dealkylation sites (tertiary alicyclic amines) is 1. The van der Waals surface area contributed by atoms with E-state index in [1.165, 1.54) is 0 Å². The summed E-state index contributed by atoms with van der Waals surface area (Å²) < 4.78 is 25.5. The van der Waals surface area contributed by atoms with Crippen LogP contribution >= 0.6 is 0 Å². The monoisotopic (exact) mass is 704 g/mol. The highest BCUT2D eigenvalue weighted by molar-refractivity contribution is 5.57. The lowest BCUT2D eigenvalue weighted by Crippen LogP contribution is -2.38. The number of piperidine rings is 2. The molecule has 3 aromatic carbocycles. The number of anilines is 2. The average molecular weight is 705 g/mol.